The predicted molar refractivity (Wildman–Crippen MR) is 75.9 cm³/mol. The fourth-order valence-electron chi connectivity index (χ4n) is 2.47. The smallest absolute Gasteiger partial charge is 0.255 e. The molecule has 5 heteroatoms. The van der Waals surface area contributed by atoms with Gasteiger partial charge in [-0.1, -0.05) is 6.42 Å². The number of rotatable bonds is 4. The highest BCUT2D eigenvalue weighted by atomic mass is 16.1. The molecule has 1 fully saturated rings. The van der Waals surface area contributed by atoms with Crippen molar-refractivity contribution in [2.45, 2.75) is 32.2 Å². The van der Waals surface area contributed by atoms with Gasteiger partial charge in [-0.15, -0.1) is 0 Å². The lowest BCUT2D eigenvalue weighted by molar-refractivity contribution is 0.0926. The second-order valence-electron chi connectivity index (χ2n) is 5.20. The molecule has 0 aromatic carbocycles. The quantitative estimate of drug-likeness (QED) is 0.857. The van der Waals surface area contributed by atoms with Crippen molar-refractivity contribution in [1.29, 1.82) is 0 Å². The number of carbonyl (C=O) groups excluding carboxylic acids is 1. The number of likely N-dealkylation sites (tertiary alicyclic amines) is 1. The molecule has 1 unspecified atom stereocenters. The first kappa shape index (κ1) is 13.8. The largest absolute Gasteiger partial charge is 0.398 e. The van der Waals surface area contributed by atoms with Crippen LogP contribution in [0.2, 0.25) is 0 Å². The number of anilines is 1. The molecule has 0 saturated carbocycles. The van der Waals surface area contributed by atoms with Gasteiger partial charge in [0.1, 0.15) is 0 Å². The Labute approximate surface area is 114 Å². The molecule has 1 aliphatic rings. The maximum atomic E-state index is 12.1. The summed E-state index contributed by atoms with van der Waals surface area (Å²) in [4.78, 5) is 18.4. The molecule has 1 amide bonds. The van der Waals surface area contributed by atoms with Crippen LogP contribution in [-0.4, -0.2) is 41.5 Å². The highest BCUT2D eigenvalue weighted by Crippen LogP contribution is 2.10. The van der Waals surface area contributed by atoms with Crippen LogP contribution in [0.4, 0.5) is 5.69 Å². The van der Waals surface area contributed by atoms with Crippen molar-refractivity contribution in [3.63, 3.8) is 0 Å². The summed E-state index contributed by atoms with van der Waals surface area (Å²) in [5.41, 5.74) is 6.69. The van der Waals surface area contributed by atoms with Gasteiger partial charge < -0.3 is 16.0 Å². The maximum Gasteiger partial charge on any atom is 0.255 e. The number of carbonyl (C=O) groups is 1. The van der Waals surface area contributed by atoms with Gasteiger partial charge in [-0.3, -0.25) is 9.78 Å². The molecule has 0 bridgehead atoms. The molecular formula is C14H22N4O. The Bertz CT molecular complexity index is 429. The summed E-state index contributed by atoms with van der Waals surface area (Å²) in [6, 6.07) is 1.76. The van der Waals surface area contributed by atoms with Crippen molar-refractivity contribution in [2.24, 2.45) is 0 Å². The van der Waals surface area contributed by atoms with E-state index in [0.717, 1.165) is 19.6 Å². The van der Waals surface area contributed by atoms with Crippen molar-refractivity contribution in [3.05, 3.63) is 24.0 Å². The summed E-state index contributed by atoms with van der Waals surface area (Å²) in [7, 11) is 0. The molecule has 104 valence electrons. The van der Waals surface area contributed by atoms with E-state index in [1.54, 1.807) is 12.3 Å². The minimum absolute atomic E-state index is 0.116. The summed E-state index contributed by atoms with van der Waals surface area (Å²) in [6.07, 6.45) is 6.94. The zero-order valence-corrected chi connectivity index (χ0v) is 11.4. The lowest BCUT2D eigenvalue weighted by Gasteiger charge is -2.29. The Balaban J connectivity index is 1.86. The third-order valence-corrected chi connectivity index (χ3v) is 3.46. The summed E-state index contributed by atoms with van der Waals surface area (Å²) in [6.45, 7) is 5.19. The van der Waals surface area contributed by atoms with Crippen molar-refractivity contribution < 1.29 is 4.79 Å². The van der Waals surface area contributed by atoms with Crippen LogP contribution in [0.15, 0.2) is 18.5 Å². The fourth-order valence-corrected chi connectivity index (χ4v) is 2.47. The number of amides is 1. The SMILES string of the molecule is CC(CN1CCCCC1)NC(=O)c1cnccc1N. The Hall–Kier alpha value is -1.62. The van der Waals surface area contributed by atoms with Crippen molar-refractivity contribution in [2.75, 3.05) is 25.4 Å². The number of nitrogen functional groups attached to an aromatic ring is 1. The molecule has 5 nitrogen and oxygen atoms in total. The topological polar surface area (TPSA) is 71.2 Å². The molecule has 0 aliphatic carbocycles. The first-order valence-corrected chi connectivity index (χ1v) is 6.89. The Morgan fingerprint density at radius 2 is 2.21 bits per heavy atom. The lowest BCUT2D eigenvalue weighted by Crippen LogP contribution is -2.43. The Kier molecular flexibility index (Phi) is 4.74. The van der Waals surface area contributed by atoms with E-state index in [1.165, 1.54) is 25.5 Å². The molecule has 0 spiro atoms. The van der Waals surface area contributed by atoms with Crippen molar-refractivity contribution >= 4 is 11.6 Å². The third-order valence-electron chi connectivity index (χ3n) is 3.46. The number of aromatic nitrogens is 1. The van der Waals surface area contributed by atoms with Gasteiger partial charge in [-0.2, -0.15) is 0 Å². The standard InChI is InChI=1S/C14H22N4O/c1-11(10-18-7-3-2-4-8-18)17-14(19)12-9-16-6-5-13(12)15/h5-6,9,11H,2-4,7-8,10H2,1H3,(H2,15,16)(H,17,19). The van der Waals surface area contributed by atoms with Crippen LogP contribution >= 0.6 is 0 Å². The first-order valence-electron chi connectivity index (χ1n) is 6.89. The number of pyridine rings is 1. The van der Waals surface area contributed by atoms with Gasteiger partial charge in [0.2, 0.25) is 0 Å². The van der Waals surface area contributed by atoms with Crippen LogP contribution in [0, 0.1) is 0 Å². The minimum atomic E-state index is -0.143. The van der Waals surface area contributed by atoms with E-state index >= 15 is 0 Å². The number of piperidine rings is 1. The first-order chi connectivity index (χ1) is 9.16. The third kappa shape index (κ3) is 3.92. The van der Waals surface area contributed by atoms with E-state index in [0.29, 0.717) is 11.3 Å². The van der Waals surface area contributed by atoms with E-state index < -0.39 is 0 Å². The highest BCUT2D eigenvalue weighted by Gasteiger charge is 2.16. The van der Waals surface area contributed by atoms with Gasteiger partial charge in [0.25, 0.3) is 5.91 Å². The summed E-state index contributed by atoms with van der Waals surface area (Å²) >= 11 is 0. The van der Waals surface area contributed by atoms with Crippen LogP contribution in [-0.2, 0) is 0 Å². The molecule has 1 aliphatic heterocycles. The molecule has 0 radical (unpaired) electrons. The van der Waals surface area contributed by atoms with E-state index in [4.69, 9.17) is 5.73 Å². The van der Waals surface area contributed by atoms with E-state index in [1.807, 2.05) is 6.92 Å². The van der Waals surface area contributed by atoms with Gasteiger partial charge in [0.05, 0.1) is 5.56 Å². The van der Waals surface area contributed by atoms with Crippen LogP contribution in [0.1, 0.15) is 36.5 Å². The minimum Gasteiger partial charge on any atom is -0.398 e. The van der Waals surface area contributed by atoms with Gasteiger partial charge in [-0.25, -0.2) is 0 Å². The molecule has 1 aromatic rings. The molecule has 1 atom stereocenters. The zero-order valence-electron chi connectivity index (χ0n) is 11.4. The lowest BCUT2D eigenvalue weighted by atomic mass is 10.1. The van der Waals surface area contributed by atoms with Crippen LogP contribution in [0.25, 0.3) is 0 Å². The van der Waals surface area contributed by atoms with Crippen LogP contribution < -0.4 is 11.1 Å². The average Bonchev–Trinajstić information content (AvgIpc) is 2.40. The Morgan fingerprint density at radius 3 is 2.89 bits per heavy atom. The maximum absolute atomic E-state index is 12.1. The van der Waals surface area contributed by atoms with E-state index in [2.05, 4.69) is 15.2 Å². The Morgan fingerprint density at radius 1 is 1.47 bits per heavy atom. The normalized spacial score (nSPS) is 17.9. The predicted octanol–water partition coefficient (Wildman–Crippen LogP) is 1.27. The summed E-state index contributed by atoms with van der Waals surface area (Å²) in [5, 5.41) is 2.98. The number of nitrogens with one attached hydrogen (secondary N) is 1. The van der Waals surface area contributed by atoms with Crippen molar-refractivity contribution in [3.8, 4) is 0 Å². The molecule has 3 N–H and O–H groups in total. The van der Waals surface area contributed by atoms with Gasteiger partial charge in [0.15, 0.2) is 0 Å². The van der Waals surface area contributed by atoms with E-state index in [-0.39, 0.29) is 11.9 Å². The molecule has 2 rings (SSSR count). The second-order valence-corrected chi connectivity index (χ2v) is 5.20. The number of hydrogen-bond acceptors (Lipinski definition) is 4. The molecule has 19 heavy (non-hydrogen) atoms. The monoisotopic (exact) mass is 262 g/mol. The number of nitrogens with zero attached hydrogens (tertiary/aromatic N) is 2. The zero-order chi connectivity index (χ0) is 13.7. The van der Waals surface area contributed by atoms with Gasteiger partial charge >= 0.3 is 0 Å². The van der Waals surface area contributed by atoms with Crippen LogP contribution in [0.3, 0.4) is 0 Å². The molecule has 1 saturated heterocycles. The average molecular weight is 262 g/mol. The molecule has 1 aromatic heterocycles. The summed E-state index contributed by atoms with van der Waals surface area (Å²) < 4.78 is 0. The van der Waals surface area contributed by atoms with Gasteiger partial charge in [-0.05, 0) is 38.9 Å². The van der Waals surface area contributed by atoms with Crippen molar-refractivity contribution in [1.82, 2.24) is 15.2 Å². The molecular weight excluding hydrogens is 240 g/mol. The number of nitrogens with two attached hydrogens (primary N) is 1. The number of hydrogen-bond donors (Lipinski definition) is 2. The second kappa shape index (κ2) is 6.52. The van der Waals surface area contributed by atoms with Crippen LogP contribution in [0.5, 0.6) is 0 Å². The van der Waals surface area contributed by atoms with E-state index in [9.17, 15) is 4.79 Å². The molecule has 2 heterocycles. The summed E-state index contributed by atoms with van der Waals surface area (Å²) in [5.74, 6) is -0.143. The van der Waals surface area contributed by atoms with Gasteiger partial charge in [0, 0.05) is 30.7 Å². The highest BCUT2D eigenvalue weighted by molar-refractivity contribution is 5.98. The fraction of sp³-hybridized carbons (Fsp3) is 0.571.